The summed E-state index contributed by atoms with van der Waals surface area (Å²) in [5, 5.41) is 5.39. The van der Waals surface area contributed by atoms with Gasteiger partial charge in [-0.25, -0.2) is 12.2 Å². The Kier molecular flexibility index (Phi) is 8.84. The first-order valence-corrected chi connectivity index (χ1v) is 7.35. The summed E-state index contributed by atoms with van der Waals surface area (Å²) in [5.74, 6) is 0. The number of hydrogen-bond donors (Lipinski definition) is 0. The third-order valence-electron chi connectivity index (χ3n) is 3.11. The number of rotatable bonds is 0. The molecule has 0 nitrogen and oxygen atoms in total. The van der Waals surface area contributed by atoms with Crippen LogP contribution < -0.4 is 0 Å². The SMILES string of the molecule is C[CH-]C.[C-]1=CC=CC1.[Hf].c1ccc2c(c1)[cH-]c1ccccc12. The molecule has 0 spiro atoms. The fourth-order valence-electron chi connectivity index (χ4n) is 2.24. The molecule has 3 aromatic carbocycles. The Morgan fingerprint density at radius 3 is 1.77 bits per heavy atom. The van der Waals surface area contributed by atoms with E-state index in [1.165, 1.54) is 21.5 Å². The quantitative estimate of drug-likeness (QED) is 0.280. The van der Waals surface area contributed by atoms with E-state index < -0.39 is 0 Å². The molecule has 4 rings (SSSR count). The van der Waals surface area contributed by atoms with Crippen molar-refractivity contribution in [1.29, 1.82) is 0 Å². The third kappa shape index (κ3) is 5.14. The van der Waals surface area contributed by atoms with E-state index in [1.807, 2.05) is 32.4 Å². The minimum absolute atomic E-state index is 0. The summed E-state index contributed by atoms with van der Waals surface area (Å²) in [4.78, 5) is 0. The normalized spacial score (nSPS) is 11.4. The zero-order chi connectivity index (χ0) is 14.9. The third-order valence-corrected chi connectivity index (χ3v) is 3.11. The summed E-state index contributed by atoms with van der Waals surface area (Å²) in [6, 6.07) is 19.3. The summed E-state index contributed by atoms with van der Waals surface area (Å²) in [6.45, 7) is 4.00. The zero-order valence-electron chi connectivity index (χ0n) is 13.2. The van der Waals surface area contributed by atoms with Crippen LogP contribution in [0.5, 0.6) is 0 Å². The molecule has 0 heterocycles. The van der Waals surface area contributed by atoms with Crippen LogP contribution >= 0.6 is 0 Å². The summed E-state index contributed by atoms with van der Waals surface area (Å²) in [5.41, 5.74) is 0. The Morgan fingerprint density at radius 2 is 1.41 bits per heavy atom. The minimum atomic E-state index is 0. The van der Waals surface area contributed by atoms with Crippen LogP contribution in [0.2, 0.25) is 0 Å². The Morgan fingerprint density at radius 1 is 0.909 bits per heavy atom. The van der Waals surface area contributed by atoms with Crippen molar-refractivity contribution in [2.24, 2.45) is 0 Å². The topological polar surface area (TPSA) is 0 Å². The molecule has 3 aromatic rings. The molecule has 112 valence electrons. The number of hydrogen-bond acceptors (Lipinski definition) is 0. The Bertz CT molecular complexity index is 671. The molecular formula is C21H21Hf-3. The molecule has 0 aromatic heterocycles. The van der Waals surface area contributed by atoms with Gasteiger partial charge in [0.05, 0.1) is 0 Å². The predicted molar refractivity (Wildman–Crippen MR) is 94.3 cm³/mol. The van der Waals surface area contributed by atoms with Crippen LogP contribution in [0.25, 0.3) is 21.5 Å². The van der Waals surface area contributed by atoms with Crippen molar-refractivity contribution >= 4 is 21.5 Å². The second kappa shape index (κ2) is 10.4. The fourth-order valence-corrected chi connectivity index (χ4v) is 2.24. The molecule has 1 aliphatic rings. The van der Waals surface area contributed by atoms with Crippen molar-refractivity contribution < 1.29 is 25.8 Å². The van der Waals surface area contributed by atoms with Crippen molar-refractivity contribution in [2.45, 2.75) is 20.3 Å². The first-order valence-electron chi connectivity index (χ1n) is 7.35. The number of benzene rings is 2. The molecule has 1 aliphatic carbocycles. The van der Waals surface area contributed by atoms with Crippen LogP contribution in [0.3, 0.4) is 0 Å². The van der Waals surface area contributed by atoms with Crippen LogP contribution in [0, 0.1) is 12.5 Å². The molecule has 1 heteroatoms. The van der Waals surface area contributed by atoms with E-state index in [-0.39, 0.29) is 25.8 Å². The smallest absolute Gasteiger partial charge is 0 e. The maximum Gasteiger partial charge on any atom is 0 e. The first-order chi connectivity index (χ1) is 10.4. The van der Waals surface area contributed by atoms with E-state index in [9.17, 15) is 0 Å². The average molecular weight is 452 g/mol. The summed E-state index contributed by atoms with van der Waals surface area (Å²) < 4.78 is 0. The maximum atomic E-state index is 2.99. The fraction of sp³-hybridized carbons (Fsp3) is 0.143. The summed E-state index contributed by atoms with van der Waals surface area (Å²) in [7, 11) is 0. The molecule has 0 radical (unpaired) electrons. The minimum Gasteiger partial charge on any atom is -0.335 e. The van der Waals surface area contributed by atoms with Crippen molar-refractivity contribution in [3.8, 4) is 0 Å². The van der Waals surface area contributed by atoms with Crippen LogP contribution in [-0.4, -0.2) is 0 Å². The van der Waals surface area contributed by atoms with E-state index in [4.69, 9.17) is 0 Å². The molecule has 0 aliphatic heterocycles. The standard InChI is InChI=1S/C13H9.C5H5.C3H7.Hf/c1-3-7-12-10(5-1)9-11-6-2-4-8-13(11)12;1-2-4-5-3-1;1-3-2;/h1-9H;1-3H,4H2;3H,1-2H3;/q3*-1;. The van der Waals surface area contributed by atoms with E-state index in [0.29, 0.717) is 0 Å². The van der Waals surface area contributed by atoms with Crippen LogP contribution in [0.4, 0.5) is 0 Å². The van der Waals surface area contributed by atoms with Crippen molar-refractivity contribution in [2.75, 3.05) is 0 Å². The van der Waals surface area contributed by atoms with Gasteiger partial charge in [-0.3, -0.25) is 6.08 Å². The summed E-state index contributed by atoms with van der Waals surface area (Å²) >= 11 is 0. The van der Waals surface area contributed by atoms with Gasteiger partial charge in [-0.05, 0) is 0 Å². The molecule has 0 saturated heterocycles. The molecule has 0 saturated carbocycles. The Labute approximate surface area is 152 Å². The molecule has 0 unspecified atom stereocenters. The molecule has 0 bridgehead atoms. The number of fused-ring (bicyclic) bond motifs is 3. The van der Waals surface area contributed by atoms with Gasteiger partial charge in [0.1, 0.15) is 0 Å². The van der Waals surface area contributed by atoms with Gasteiger partial charge in [0.2, 0.25) is 0 Å². The van der Waals surface area contributed by atoms with Gasteiger partial charge < -0.3 is 6.42 Å². The second-order valence-electron chi connectivity index (χ2n) is 4.90. The van der Waals surface area contributed by atoms with Crippen LogP contribution in [0.15, 0.2) is 72.8 Å². The van der Waals surface area contributed by atoms with Crippen molar-refractivity contribution in [1.82, 2.24) is 0 Å². The van der Waals surface area contributed by atoms with Gasteiger partial charge in [0, 0.05) is 25.8 Å². The molecule has 0 amide bonds. The van der Waals surface area contributed by atoms with Gasteiger partial charge >= 0.3 is 0 Å². The summed E-state index contributed by atoms with van der Waals surface area (Å²) in [6.07, 6.45) is 12.0. The maximum absolute atomic E-state index is 2.99. The molecule has 0 fully saturated rings. The Balaban J connectivity index is 0.000000227. The van der Waals surface area contributed by atoms with Crippen molar-refractivity contribution in [3.05, 3.63) is 85.3 Å². The monoisotopic (exact) mass is 453 g/mol. The van der Waals surface area contributed by atoms with Gasteiger partial charge in [-0.2, -0.15) is 19.9 Å². The zero-order valence-corrected chi connectivity index (χ0v) is 16.8. The van der Waals surface area contributed by atoms with E-state index in [0.717, 1.165) is 6.42 Å². The second-order valence-corrected chi connectivity index (χ2v) is 4.90. The molecule has 22 heavy (non-hydrogen) atoms. The molecular weight excluding hydrogens is 431 g/mol. The van der Waals surface area contributed by atoms with Gasteiger partial charge in [-0.1, -0.05) is 36.4 Å². The van der Waals surface area contributed by atoms with Crippen LogP contribution in [0.1, 0.15) is 20.3 Å². The Hall–Kier alpha value is -1.34. The van der Waals surface area contributed by atoms with E-state index in [1.54, 1.807) is 0 Å². The van der Waals surface area contributed by atoms with Crippen molar-refractivity contribution in [3.63, 3.8) is 0 Å². The van der Waals surface area contributed by atoms with Crippen LogP contribution in [-0.2, 0) is 25.8 Å². The average Bonchev–Trinajstić information content (AvgIpc) is 3.19. The first kappa shape index (κ1) is 18.7. The molecule has 0 N–H and O–H groups in total. The van der Waals surface area contributed by atoms with E-state index in [2.05, 4.69) is 66.7 Å². The predicted octanol–water partition coefficient (Wildman–Crippen LogP) is 6.25. The largest absolute Gasteiger partial charge is 0.335 e. The van der Waals surface area contributed by atoms with Gasteiger partial charge in [0.15, 0.2) is 0 Å². The van der Waals surface area contributed by atoms with Gasteiger partial charge in [0.25, 0.3) is 0 Å². The molecule has 0 atom stereocenters. The van der Waals surface area contributed by atoms with Gasteiger partial charge in [-0.15, -0.1) is 46.2 Å². The number of allylic oxidation sites excluding steroid dienone is 4. The van der Waals surface area contributed by atoms with E-state index >= 15 is 0 Å².